The van der Waals surface area contributed by atoms with Crippen LogP contribution in [0.2, 0.25) is 0 Å². The maximum absolute atomic E-state index is 10.8. The van der Waals surface area contributed by atoms with E-state index < -0.39 is 11.0 Å². The molecule has 1 heterocycles. The number of rotatable bonds is 5. The van der Waals surface area contributed by atoms with E-state index in [1.54, 1.807) is 0 Å². The Hall–Kier alpha value is -2.08. The Morgan fingerprint density at radius 3 is 2.83 bits per heavy atom. The lowest BCUT2D eigenvalue weighted by atomic mass is 10.1. The van der Waals surface area contributed by atoms with Crippen molar-refractivity contribution in [3.63, 3.8) is 0 Å². The van der Waals surface area contributed by atoms with Crippen LogP contribution < -0.4 is 0 Å². The van der Waals surface area contributed by atoms with Crippen molar-refractivity contribution in [1.29, 1.82) is 0 Å². The lowest BCUT2D eigenvalue weighted by Crippen LogP contribution is -2.30. The van der Waals surface area contributed by atoms with Gasteiger partial charge in [0, 0.05) is 6.42 Å². The zero-order valence-electron chi connectivity index (χ0n) is 9.92. The van der Waals surface area contributed by atoms with E-state index in [1.807, 2.05) is 0 Å². The van der Waals surface area contributed by atoms with Gasteiger partial charge in [-0.15, -0.1) is 6.58 Å². The molecule has 0 aromatic rings. The molecule has 6 heteroatoms. The van der Waals surface area contributed by atoms with Crippen LogP contribution in [0.25, 0.3) is 0 Å². The molecule has 0 spiro atoms. The van der Waals surface area contributed by atoms with Gasteiger partial charge < -0.3 is 14.6 Å². The summed E-state index contributed by atoms with van der Waals surface area (Å²) in [6.07, 6.45) is 1.14. The van der Waals surface area contributed by atoms with Gasteiger partial charge in [-0.1, -0.05) is 12.7 Å². The van der Waals surface area contributed by atoms with Gasteiger partial charge in [-0.3, -0.25) is 10.1 Å². The summed E-state index contributed by atoms with van der Waals surface area (Å²) < 4.78 is 10.6. The van der Waals surface area contributed by atoms with Crippen molar-refractivity contribution in [2.24, 2.45) is 0 Å². The molecule has 0 amide bonds. The van der Waals surface area contributed by atoms with E-state index in [2.05, 4.69) is 19.7 Å². The van der Waals surface area contributed by atoms with Gasteiger partial charge in [-0.25, -0.2) is 0 Å². The van der Waals surface area contributed by atoms with E-state index >= 15 is 0 Å². The molecule has 0 aromatic heterocycles. The fourth-order valence-electron chi connectivity index (χ4n) is 1.45. The van der Waals surface area contributed by atoms with E-state index in [-0.39, 0.29) is 42.4 Å². The highest BCUT2D eigenvalue weighted by Gasteiger charge is 2.28. The highest BCUT2D eigenvalue weighted by Crippen LogP contribution is 2.29. The second kappa shape index (κ2) is 6.02. The Kier molecular flexibility index (Phi) is 4.67. The molecule has 1 aliphatic heterocycles. The van der Waals surface area contributed by atoms with Crippen LogP contribution in [-0.4, -0.2) is 29.3 Å². The van der Waals surface area contributed by atoms with Gasteiger partial charge in [0.2, 0.25) is 0 Å². The molecule has 0 aromatic carbocycles. The summed E-state index contributed by atoms with van der Waals surface area (Å²) in [6.45, 7) is 10.5. The predicted octanol–water partition coefficient (Wildman–Crippen LogP) is 1.53. The van der Waals surface area contributed by atoms with Crippen LogP contribution in [0.3, 0.4) is 0 Å². The van der Waals surface area contributed by atoms with Gasteiger partial charge in [0.15, 0.2) is 17.6 Å². The first-order valence-electron chi connectivity index (χ1n) is 5.28. The van der Waals surface area contributed by atoms with Gasteiger partial charge in [-0.05, 0) is 6.58 Å². The van der Waals surface area contributed by atoms with Crippen molar-refractivity contribution < 1.29 is 19.5 Å². The molecular weight excluding hydrogens is 238 g/mol. The van der Waals surface area contributed by atoms with Crippen LogP contribution in [0.15, 0.2) is 48.6 Å². The smallest absolute Gasteiger partial charge is 0.269 e. The minimum atomic E-state index is -0.606. The molecule has 1 saturated heterocycles. The molecule has 1 fully saturated rings. The second-order valence-electron chi connectivity index (χ2n) is 3.66. The number of hydrogen-bond acceptors (Lipinski definition) is 5. The van der Waals surface area contributed by atoms with E-state index in [0.29, 0.717) is 0 Å². The summed E-state index contributed by atoms with van der Waals surface area (Å²) in [5.41, 5.74) is -0.0496. The van der Waals surface area contributed by atoms with Crippen LogP contribution in [0, 0.1) is 10.1 Å². The summed E-state index contributed by atoms with van der Waals surface area (Å²) in [4.78, 5) is 10.2. The van der Waals surface area contributed by atoms with E-state index in [4.69, 9.17) is 14.6 Å². The maximum atomic E-state index is 10.8. The molecule has 1 unspecified atom stereocenters. The number of ether oxygens (including phenoxy) is 2. The molecule has 1 atom stereocenters. The number of aliphatic hydroxyl groups is 1. The van der Waals surface area contributed by atoms with E-state index in [9.17, 15) is 10.1 Å². The number of allylic oxidation sites excluding steroid dienone is 2. The van der Waals surface area contributed by atoms with E-state index in [0.717, 1.165) is 0 Å². The normalized spacial score (nSPS) is 21.6. The minimum Gasteiger partial charge on any atom is -0.486 e. The summed E-state index contributed by atoms with van der Waals surface area (Å²) in [6, 6.07) is 0. The maximum Gasteiger partial charge on any atom is 0.269 e. The molecular formula is C12H15NO5. The molecule has 0 saturated carbocycles. The van der Waals surface area contributed by atoms with Crippen LogP contribution in [0.1, 0.15) is 6.42 Å². The Morgan fingerprint density at radius 2 is 2.33 bits per heavy atom. The lowest BCUT2D eigenvalue weighted by Gasteiger charge is -2.28. The average Bonchev–Trinajstić information content (AvgIpc) is 2.36. The molecule has 1 rings (SSSR count). The third kappa shape index (κ3) is 2.98. The van der Waals surface area contributed by atoms with Gasteiger partial charge in [0.1, 0.15) is 6.61 Å². The van der Waals surface area contributed by atoms with Crippen molar-refractivity contribution >= 4 is 0 Å². The number of aliphatic hydroxyl groups excluding tert-OH is 1. The van der Waals surface area contributed by atoms with Crippen LogP contribution >= 0.6 is 0 Å². The summed E-state index contributed by atoms with van der Waals surface area (Å²) in [5, 5.41) is 19.8. The first kappa shape index (κ1) is 14.0. The highest BCUT2D eigenvalue weighted by atomic mass is 16.6. The lowest BCUT2D eigenvalue weighted by molar-refractivity contribution is -0.420. The third-order valence-electron chi connectivity index (χ3n) is 2.38. The molecule has 0 aliphatic carbocycles. The zero-order valence-corrected chi connectivity index (χ0v) is 9.92. The fourth-order valence-corrected chi connectivity index (χ4v) is 1.45. The SMILES string of the molecule is C=CC/C(C(=C)[N+](=O)[O-])=C1\OC(CO)COC1=C. The van der Waals surface area contributed by atoms with E-state index in [1.165, 1.54) is 6.08 Å². The summed E-state index contributed by atoms with van der Waals surface area (Å²) in [7, 11) is 0. The van der Waals surface area contributed by atoms with Gasteiger partial charge in [0.25, 0.3) is 5.70 Å². The van der Waals surface area contributed by atoms with Gasteiger partial charge >= 0.3 is 0 Å². The largest absolute Gasteiger partial charge is 0.486 e. The zero-order chi connectivity index (χ0) is 13.7. The minimum absolute atomic E-state index is 0.155. The first-order valence-corrected chi connectivity index (χ1v) is 5.28. The standard InChI is InChI=1S/C12H15NO5/c1-4-5-11(8(2)13(15)16)12-9(3)17-7-10(6-14)18-12/h4,10,14H,1-3,5-7H2/b12-11+. The first-order chi connectivity index (χ1) is 8.51. The van der Waals surface area contributed by atoms with Crippen LogP contribution in [0.5, 0.6) is 0 Å². The molecule has 6 nitrogen and oxygen atoms in total. The third-order valence-corrected chi connectivity index (χ3v) is 2.38. The quantitative estimate of drug-likeness (QED) is 0.456. The topological polar surface area (TPSA) is 81.8 Å². The fraction of sp³-hybridized carbons (Fsp3) is 0.333. The molecule has 18 heavy (non-hydrogen) atoms. The van der Waals surface area contributed by atoms with Crippen LogP contribution in [-0.2, 0) is 9.47 Å². The van der Waals surface area contributed by atoms with Crippen molar-refractivity contribution in [2.45, 2.75) is 12.5 Å². The van der Waals surface area contributed by atoms with Gasteiger partial charge in [0.05, 0.1) is 17.1 Å². The Morgan fingerprint density at radius 1 is 1.67 bits per heavy atom. The van der Waals surface area contributed by atoms with Crippen LogP contribution in [0.4, 0.5) is 0 Å². The Bertz CT molecular complexity index is 424. The predicted molar refractivity (Wildman–Crippen MR) is 65.0 cm³/mol. The van der Waals surface area contributed by atoms with Crippen molar-refractivity contribution in [1.82, 2.24) is 0 Å². The monoisotopic (exact) mass is 253 g/mol. The average molecular weight is 253 g/mol. The molecule has 1 N–H and O–H groups in total. The molecule has 0 radical (unpaired) electrons. The number of nitrogens with zero attached hydrogens (tertiary/aromatic N) is 1. The molecule has 0 bridgehead atoms. The molecule has 98 valence electrons. The van der Waals surface area contributed by atoms with Crippen molar-refractivity contribution in [3.8, 4) is 0 Å². The summed E-state index contributed by atoms with van der Waals surface area (Å²) >= 11 is 0. The highest BCUT2D eigenvalue weighted by molar-refractivity contribution is 5.36. The second-order valence-corrected chi connectivity index (χ2v) is 3.66. The number of hydrogen-bond donors (Lipinski definition) is 1. The van der Waals surface area contributed by atoms with Crippen molar-refractivity contribution in [2.75, 3.05) is 13.2 Å². The summed E-state index contributed by atoms with van der Waals surface area (Å²) in [5.74, 6) is 0.349. The number of nitro groups is 1. The Balaban J connectivity index is 3.14. The Labute approximate surface area is 105 Å². The molecule has 1 aliphatic rings. The van der Waals surface area contributed by atoms with Gasteiger partial charge in [-0.2, -0.15) is 0 Å². The van der Waals surface area contributed by atoms with Crippen molar-refractivity contribution in [3.05, 3.63) is 58.7 Å².